The first-order chi connectivity index (χ1) is 9.49. The smallest absolute Gasteiger partial charge is 0.328 e. The molecule has 108 valence electrons. The fourth-order valence-electron chi connectivity index (χ4n) is 2.03. The number of nitrogens with one attached hydrogen (secondary N) is 1. The molecule has 0 amide bonds. The van der Waals surface area contributed by atoms with Crippen molar-refractivity contribution in [1.82, 2.24) is 14.6 Å². The van der Waals surface area contributed by atoms with Crippen LogP contribution in [0.1, 0.15) is 25.8 Å². The molecule has 20 heavy (non-hydrogen) atoms. The maximum atomic E-state index is 11.8. The van der Waals surface area contributed by atoms with E-state index in [1.54, 1.807) is 4.52 Å². The quantitative estimate of drug-likeness (QED) is 0.846. The molecule has 2 aromatic heterocycles. The van der Waals surface area contributed by atoms with Crippen LogP contribution >= 0.6 is 0 Å². The minimum atomic E-state index is -0.432. The van der Waals surface area contributed by atoms with Crippen LogP contribution in [0.25, 0.3) is 5.65 Å². The molecule has 0 radical (unpaired) electrons. The van der Waals surface area contributed by atoms with Gasteiger partial charge in [0.2, 0.25) is 5.95 Å². The highest BCUT2D eigenvalue weighted by Crippen LogP contribution is 2.13. The predicted molar refractivity (Wildman–Crippen MR) is 76.6 cm³/mol. The van der Waals surface area contributed by atoms with E-state index in [-0.39, 0.29) is 5.97 Å². The van der Waals surface area contributed by atoms with Gasteiger partial charge in [-0.15, -0.1) is 5.10 Å². The summed E-state index contributed by atoms with van der Waals surface area (Å²) in [5, 5.41) is 7.38. The Kier molecular flexibility index (Phi) is 4.22. The number of aromatic nitrogens is 3. The molecule has 2 rings (SSSR count). The van der Waals surface area contributed by atoms with Gasteiger partial charge in [0.05, 0.1) is 7.11 Å². The fourth-order valence-corrected chi connectivity index (χ4v) is 2.03. The molecular formula is C14H20N4O2. The zero-order chi connectivity index (χ0) is 14.7. The number of rotatable bonds is 5. The molecular weight excluding hydrogens is 256 g/mol. The van der Waals surface area contributed by atoms with Crippen molar-refractivity contribution in [2.24, 2.45) is 5.92 Å². The van der Waals surface area contributed by atoms with E-state index >= 15 is 0 Å². The van der Waals surface area contributed by atoms with Gasteiger partial charge < -0.3 is 10.1 Å². The van der Waals surface area contributed by atoms with Gasteiger partial charge in [-0.2, -0.15) is 4.98 Å². The molecule has 2 heterocycles. The summed E-state index contributed by atoms with van der Waals surface area (Å²) in [5.41, 5.74) is 1.84. The van der Waals surface area contributed by atoms with E-state index in [1.165, 1.54) is 7.11 Å². The fraction of sp³-hybridized carbons (Fsp3) is 0.500. The normalized spacial score (nSPS) is 12.7. The Hall–Kier alpha value is -2.11. The van der Waals surface area contributed by atoms with Gasteiger partial charge in [0.1, 0.15) is 6.04 Å². The maximum Gasteiger partial charge on any atom is 0.328 e. The Bertz CT molecular complexity index is 606. The first-order valence-electron chi connectivity index (χ1n) is 6.67. The van der Waals surface area contributed by atoms with Crippen molar-refractivity contribution in [2.45, 2.75) is 33.2 Å². The number of hydrogen-bond donors (Lipinski definition) is 1. The van der Waals surface area contributed by atoms with Crippen LogP contribution < -0.4 is 5.32 Å². The van der Waals surface area contributed by atoms with Crippen molar-refractivity contribution in [2.75, 3.05) is 12.4 Å². The maximum absolute atomic E-state index is 11.8. The summed E-state index contributed by atoms with van der Waals surface area (Å²) in [6.07, 6.45) is 2.56. The lowest BCUT2D eigenvalue weighted by Crippen LogP contribution is -2.32. The number of pyridine rings is 1. The Labute approximate surface area is 118 Å². The third kappa shape index (κ3) is 3.26. The largest absolute Gasteiger partial charge is 0.467 e. The Balaban J connectivity index is 2.21. The summed E-state index contributed by atoms with van der Waals surface area (Å²) < 4.78 is 6.51. The number of fused-ring (bicyclic) bond motifs is 1. The van der Waals surface area contributed by atoms with E-state index in [0.29, 0.717) is 18.3 Å². The van der Waals surface area contributed by atoms with Crippen molar-refractivity contribution < 1.29 is 9.53 Å². The molecule has 0 aliphatic rings. The number of ether oxygens (including phenoxy) is 1. The first kappa shape index (κ1) is 14.3. The van der Waals surface area contributed by atoms with Crippen LogP contribution in [-0.2, 0) is 9.53 Å². The van der Waals surface area contributed by atoms with Crippen LogP contribution in [0.3, 0.4) is 0 Å². The minimum Gasteiger partial charge on any atom is -0.467 e. The van der Waals surface area contributed by atoms with Gasteiger partial charge in [0.25, 0.3) is 0 Å². The number of esters is 1. The average molecular weight is 276 g/mol. The second kappa shape index (κ2) is 5.90. The van der Waals surface area contributed by atoms with Crippen molar-refractivity contribution in [1.29, 1.82) is 0 Å². The number of carbonyl (C=O) groups excluding carboxylic acids is 1. The van der Waals surface area contributed by atoms with Crippen LogP contribution in [0.2, 0.25) is 0 Å². The lowest BCUT2D eigenvalue weighted by Gasteiger charge is -2.16. The zero-order valence-electron chi connectivity index (χ0n) is 12.3. The Morgan fingerprint density at radius 2 is 2.20 bits per heavy atom. The Morgan fingerprint density at radius 3 is 2.85 bits per heavy atom. The van der Waals surface area contributed by atoms with E-state index in [2.05, 4.69) is 29.2 Å². The zero-order valence-corrected chi connectivity index (χ0v) is 12.3. The van der Waals surface area contributed by atoms with E-state index in [1.807, 2.05) is 25.3 Å². The standard InChI is InChI=1S/C14H20N4O2/c1-9(2)7-11(13(19)20-4)15-14-16-12-6-5-10(3)8-18(12)17-14/h5-6,8-9,11H,7H2,1-4H3,(H,15,17). The third-order valence-corrected chi connectivity index (χ3v) is 2.97. The Morgan fingerprint density at radius 1 is 1.45 bits per heavy atom. The van der Waals surface area contributed by atoms with E-state index in [4.69, 9.17) is 4.74 Å². The molecule has 1 unspecified atom stereocenters. The number of aryl methyl sites for hydroxylation is 1. The van der Waals surface area contributed by atoms with Gasteiger partial charge in [-0.05, 0) is 30.9 Å². The van der Waals surface area contributed by atoms with Crippen molar-refractivity contribution in [3.63, 3.8) is 0 Å². The highest BCUT2D eigenvalue weighted by Gasteiger charge is 2.21. The molecule has 0 spiro atoms. The van der Waals surface area contributed by atoms with Gasteiger partial charge in [-0.25, -0.2) is 9.31 Å². The number of anilines is 1. The summed E-state index contributed by atoms with van der Waals surface area (Å²) in [7, 11) is 1.39. The number of methoxy groups -OCH3 is 1. The predicted octanol–water partition coefficient (Wildman–Crippen LogP) is 2.04. The second-order valence-electron chi connectivity index (χ2n) is 5.29. The molecule has 0 aromatic carbocycles. The van der Waals surface area contributed by atoms with Gasteiger partial charge >= 0.3 is 5.97 Å². The minimum absolute atomic E-state index is 0.297. The molecule has 6 heteroatoms. The number of carbonyl (C=O) groups is 1. The highest BCUT2D eigenvalue weighted by atomic mass is 16.5. The summed E-state index contributed by atoms with van der Waals surface area (Å²) in [5.74, 6) is 0.506. The van der Waals surface area contributed by atoms with Crippen LogP contribution in [-0.4, -0.2) is 33.7 Å². The molecule has 6 nitrogen and oxygen atoms in total. The van der Waals surface area contributed by atoms with E-state index in [9.17, 15) is 4.79 Å². The van der Waals surface area contributed by atoms with Crippen molar-refractivity contribution in [3.05, 3.63) is 23.9 Å². The lowest BCUT2D eigenvalue weighted by atomic mass is 10.0. The highest BCUT2D eigenvalue weighted by molar-refractivity contribution is 5.78. The summed E-state index contributed by atoms with van der Waals surface area (Å²) in [6.45, 7) is 6.10. The molecule has 0 saturated carbocycles. The van der Waals surface area contributed by atoms with Crippen LogP contribution in [0.15, 0.2) is 18.3 Å². The van der Waals surface area contributed by atoms with Crippen LogP contribution in [0.4, 0.5) is 5.95 Å². The molecule has 0 aliphatic carbocycles. The van der Waals surface area contributed by atoms with Crippen LogP contribution in [0.5, 0.6) is 0 Å². The lowest BCUT2D eigenvalue weighted by molar-refractivity contribution is -0.141. The molecule has 1 N–H and O–H groups in total. The van der Waals surface area contributed by atoms with Gasteiger partial charge in [0.15, 0.2) is 5.65 Å². The van der Waals surface area contributed by atoms with Gasteiger partial charge in [-0.1, -0.05) is 19.9 Å². The molecule has 2 aromatic rings. The summed E-state index contributed by atoms with van der Waals surface area (Å²) in [4.78, 5) is 16.1. The molecule has 0 fully saturated rings. The monoisotopic (exact) mass is 276 g/mol. The van der Waals surface area contributed by atoms with Crippen molar-refractivity contribution in [3.8, 4) is 0 Å². The number of hydrogen-bond acceptors (Lipinski definition) is 5. The second-order valence-corrected chi connectivity index (χ2v) is 5.29. The van der Waals surface area contributed by atoms with E-state index in [0.717, 1.165) is 11.2 Å². The van der Waals surface area contributed by atoms with Gasteiger partial charge in [-0.3, -0.25) is 0 Å². The molecule has 1 atom stereocenters. The van der Waals surface area contributed by atoms with Crippen LogP contribution in [0, 0.1) is 12.8 Å². The first-order valence-corrected chi connectivity index (χ1v) is 6.67. The molecule has 0 saturated heterocycles. The number of nitrogens with zero attached hydrogens (tertiary/aromatic N) is 3. The van der Waals surface area contributed by atoms with Crippen molar-refractivity contribution >= 4 is 17.6 Å². The topological polar surface area (TPSA) is 68.5 Å². The summed E-state index contributed by atoms with van der Waals surface area (Å²) >= 11 is 0. The molecule has 0 aliphatic heterocycles. The van der Waals surface area contributed by atoms with Gasteiger partial charge in [0, 0.05) is 6.20 Å². The third-order valence-electron chi connectivity index (χ3n) is 2.97. The summed E-state index contributed by atoms with van der Waals surface area (Å²) in [6, 6.07) is 3.43. The van der Waals surface area contributed by atoms with E-state index < -0.39 is 6.04 Å². The average Bonchev–Trinajstić information content (AvgIpc) is 2.77. The SMILES string of the molecule is COC(=O)C(CC(C)C)Nc1nc2ccc(C)cn2n1. The molecule has 0 bridgehead atoms.